The molecule has 2 aromatic rings. The van der Waals surface area contributed by atoms with Crippen LogP contribution in [-0.2, 0) is 12.4 Å². The third-order valence-electron chi connectivity index (χ3n) is 4.24. The summed E-state index contributed by atoms with van der Waals surface area (Å²) in [6, 6.07) is 7.85. The number of benzene rings is 1. The topological polar surface area (TPSA) is 44.9 Å². The Morgan fingerprint density at radius 2 is 2.33 bits per heavy atom. The number of likely N-dealkylation sites (tertiary alicyclic amines) is 1. The zero-order valence-corrected chi connectivity index (χ0v) is 13.0. The van der Waals surface area contributed by atoms with Gasteiger partial charge in [0.05, 0.1) is 28.5 Å². The standard InChI is InChI=1S/C16H19ClN4/c1-20-6-2-3-13(10-20)11-21-15-7-12(9-18)4-5-14(15)19-16(21)8-17/h4-5,7,13H,2-3,6,8,10-11H2,1H3. The zero-order chi connectivity index (χ0) is 14.8. The average molecular weight is 303 g/mol. The second-order valence-corrected chi connectivity index (χ2v) is 6.13. The van der Waals surface area contributed by atoms with Crippen molar-refractivity contribution in [1.29, 1.82) is 5.26 Å². The van der Waals surface area contributed by atoms with Crippen molar-refractivity contribution in [3.63, 3.8) is 0 Å². The molecule has 0 spiro atoms. The molecule has 1 aromatic heterocycles. The lowest BCUT2D eigenvalue weighted by molar-refractivity contribution is 0.195. The lowest BCUT2D eigenvalue weighted by Gasteiger charge is -2.30. The number of aromatic nitrogens is 2. The summed E-state index contributed by atoms with van der Waals surface area (Å²) in [5.41, 5.74) is 2.62. The lowest BCUT2D eigenvalue weighted by Crippen LogP contribution is -2.34. The van der Waals surface area contributed by atoms with Crippen molar-refractivity contribution in [1.82, 2.24) is 14.5 Å². The van der Waals surface area contributed by atoms with Crippen molar-refractivity contribution in [2.45, 2.75) is 25.3 Å². The van der Waals surface area contributed by atoms with Crippen LogP contribution >= 0.6 is 11.6 Å². The van der Waals surface area contributed by atoms with Gasteiger partial charge in [0.25, 0.3) is 0 Å². The number of imidazole rings is 1. The van der Waals surface area contributed by atoms with Crippen LogP contribution in [0.25, 0.3) is 11.0 Å². The molecule has 1 fully saturated rings. The third kappa shape index (κ3) is 2.90. The van der Waals surface area contributed by atoms with E-state index >= 15 is 0 Å². The molecule has 1 unspecified atom stereocenters. The normalized spacial score (nSPS) is 19.8. The molecule has 110 valence electrons. The molecule has 1 atom stereocenters. The maximum Gasteiger partial charge on any atom is 0.124 e. The van der Waals surface area contributed by atoms with Gasteiger partial charge in [0, 0.05) is 13.1 Å². The van der Waals surface area contributed by atoms with Gasteiger partial charge >= 0.3 is 0 Å². The minimum atomic E-state index is 0.402. The number of halogens is 1. The van der Waals surface area contributed by atoms with Crippen LogP contribution in [0.3, 0.4) is 0 Å². The highest BCUT2D eigenvalue weighted by Gasteiger charge is 2.20. The number of piperidine rings is 1. The van der Waals surface area contributed by atoms with Crippen molar-refractivity contribution in [3.05, 3.63) is 29.6 Å². The fraction of sp³-hybridized carbons (Fsp3) is 0.500. The minimum Gasteiger partial charge on any atom is -0.327 e. The lowest BCUT2D eigenvalue weighted by atomic mass is 9.98. The van der Waals surface area contributed by atoms with Gasteiger partial charge in [-0.15, -0.1) is 11.6 Å². The van der Waals surface area contributed by atoms with E-state index in [-0.39, 0.29) is 0 Å². The molecule has 0 N–H and O–H groups in total. The first kappa shape index (κ1) is 14.4. The van der Waals surface area contributed by atoms with E-state index in [4.69, 9.17) is 16.9 Å². The highest BCUT2D eigenvalue weighted by atomic mass is 35.5. The van der Waals surface area contributed by atoms with E-state index in [1.54, 1.807) is 0 Å². The van der Waals surface area contributed by atoms with Gasteiger partial charge in [0.15, 0.2) is 0 Å². The third-order valence-corrected chi connectivity index (χ3v) is 4.48. The van der Waals surface area contributed by atoms with Gasteiger partial charge in [-0.1, -0.05) is 0 Å². The Labute approximate surface area is 129 Å². The maximum atomic E-state index is 9.10. The van der Waals surface area contributed by atoms with E-state index < -0.39 is 0 Å². The van der Waals surface area contributed by atoms with Crippen molar-refractivity contribution < 1.29 is 0 Å². The summed E-state index contributed by atoms with van der Waals surface area (Å²) >= 11 is 6.06. The molecule has 3 rings (SSSR count). The number of nitriles is 1. The Bertz CT molecular complexity index is 685. The molecule has 4 nitrogen and oxygen atoms in total. The molecule has 1 aliphatic heterocycles. The van der Waals surface area contributed by atoms with Crippen molar-refractivity contribution in [3.8, 4) is 6.07 Å². The fourth-order valence-electron chi connectivity index (χ4n) is 3.23. The summed E-state index contributed by atoms with van der Waals surface area (Å²) in [7, 11) is 2.18. The summed E-state index contributed by atoms with van der Waals surface area (Å²) < 4.78 is 2.20. The van der Waals surface area contributed by atoms with Gasteiger partial charge in [-0.3, -0.25) is 0 Å². The first-order valence-corrected chi connectivity index (χ1v) is 7.88. The second-order valence-electron chi connectivity index (χ2n) is 5.86. The van der Waals surface area contributed by atoms with E-state index in [0.717, 1.165) is 29.9 Å². The van der Waals surface area contributed by atoms with Gasteiger partial charge < -0.3 is 9.47 Å². The molecule has 0 radical (unpaired) electrons. The van der Waals surface area contributed by atoms with Crippen LogP contribution in [0.2, 0.25) is 0 Å². The first-order valence-electron chi connectivity index (χ1n) is 7.35. The Balaban J connectivity index is 1.97. The van der Waals surface area contributed by atoms with E-state index in [1.165, 1.54) is 19.4 Å². The monoisotopic (exact) mass is 302 g/mol. The molecule has 5 heteroatoms. The Morgan fingerprint density at radius 1 is 1.48 bits per heavy atom. The molecular weight excluding hydrogens is 284 g/mol. The van der Waals surface area contributed by atoms with E-state index in [0.29, 0.717) is 17.4 Å². The van der Waals surface area contributed by atoms with Crippen LogP contribution in [0, 0.1) is 17.2 Å². The SMILES string of the molecule is CN1CCCC(Cn2c(CCl)nc3ccc(C#N)cc32)C1. The molecule has 1 aliphatic rings. The summed E-state index contributed by atoms with van der Waals surface area (Å²) in [4.78, 5) is 6.98. The summed E-state index contributed by atoms with van der Waals surface area (Å²) in [5, 5.41) is 9.10. The van der Waals surface area contributed by atoms with E-state index in [1.807, 2.05) is 18.2 Å². The molecule has 0 bridgehead atoms. The van der Waals surface area contributed by atoms with Crippen LogP contribution in [0.1, 0.15) is 24.2 Å². The Kier molecular flexibility index (Phi) is 4.14. The molecule has 1 aromatic carbocycles. The van der Waals surface area contributed by atoms with E-state index in [2.05, 4.69) is 27.6 Å². The minimum absolute atomic E-state index is 0.402. The van der Waals surface area contributed by atoms with Crippen LogP contribution < -0.4 is 0 Å². The summed E-state index contributed by atoms with van der Waals surface area (Å²) in [6.45, 7) is 3.22. The number of nitrogens with zero attached hydrogens (tertiary/aromatic N) is 4. The summed E-state index contributed by atoms with van der Waals surface area (Å²) in [6.07, 6.45) is 2.48. The van der Waals surface area contributed by atoms with Crippen LogP contribution in [0.4, 0.5) is 0 Å². The second kappa shape index (κ2) is 6.05. The Morgan fingerprint density at radius 3 is 3.05 bits per heavy atom. The molecule has 0 aliphatic carbocycles. The van der Waals surface area contributed by atoms with Crippen molar-refractivity contribution in [2.24, 2.45) is 5.92 Å². The molecular formula is C16H19ClN4. The van der Waals surface area contributed by atoms with Crippen LogP contribution in [0.15, 0.2) is 18.2 Å². The number of hydrogen-bond donors (Lipinski definition) is 0. The van der Waals surface area contributed by atoms with Crippen molar-refractivity contribution >= 4 is 22.6 Å². The van der Waals surface area contributed by atoms with Gasteiger partial charge in [-0.25, -0.2) is 4.98 Å². The Hall–Kier alpha value is -1.57. The van der Waals surface area contributed by atoms with Crippen LogP contribution in [-0.4, -0.2) is 34.6 Å². The van der Waals surface area contributed by atoms with Crippen LogP contribution in [0.5, 0.6) is 0 Å². The van der Waals surface area contributed by atoms with E-state index in [9.17, 15) is 0 Å². The smallest absolute Gasteiger partial charge is 0.124 e. The fourth-order valence-corrected chi connectivity index (χ4v) is 3.43. The average Bonchev–Trinajstić information content (AvgIpc) is 2.84. The number of hydrogen-bond acceptors (Lipinski definition) is 3. The molecule has 2 heterocycles. The molecule has 1 saturated heterocycles. The maximum absolute atomic E-state index is 9.10. The predicted molar refractivity (Wildman–Crippen MR) is 84.2 cm³/mol. The number of alkyl halides is 1. The molecule has 0 amide bonds. The van der Waals surface area contributed by atoms with Gasteiger partial charge in [-0.05, 0) is 50.6 Å². The zero-order valence-electron chi connectivity index (χ0n) is 12.2. The summed E-state index contributed by atoms with van der Waals surface area (Å²) in [5.74, 6) is 1.92. The van der Waals surface area contributed by atoms with Crippen molar-refractivity contribution in [2.75, 3.05) is 20.1 Å². The quantitative estimate of drug-likeness (QED) is 0.819. The van der Waals surface area contributed by atoms with Gasteiger partial charge in [-0.2, -0.15) is 5.26 Å². The predicted octanol–water partition coefficient (Wildman–Crippen LogP) is 2.99. The largest absolute Gasteiger partial charge is 0.327 e. The number of rotatable bonds is 3. The first-order chi connectivity index (χ1) is 10.2. The molecule has 21 heavy (non-hydrogen) atoms. The highest BCUT2D eigenvalue weighted by Crippen LogP contribution is 2.24. The van der Waals surface area contributed by atoms with Gasteiger partial charge in [0.2, 0.25) is 0 Å². The molecule has 0 saturated carbocycles. The highest BCUT2D eigenvalue weighted by molar-refractivity contribution is 6.16. The van der Waals surface area contributed by atoms with Gasteiger partial charge in [0.1, 0.15) is 5.82 Å². The number of fused-ring (bicyclic) bond motifs is 1.